The van der Waals surface area contributed by atoms with Gasteiger partial charge in [-0.05, 0) is 25.2 Å². The van der Waals surface area contributed by atoms with Crippen molar-refractivity contribution in [1.82, 2.24) is 0 Å². The molecule has 0 saturated heterocycles. The normalized spacial score (nSPS) is 34.6. The molecule has 0 spiro atoms. The number of carbonyl (C=O) groups is 1. The molecular weight excluding hydrogens is 216 g/mol. The average Bonchev–Trinajstić information content (AvgIpc) is 2.80. The Hall–Kier alpha value is -0.830. The first-order valence-electron chi connectivity index (χ1n) is 6.62. The van der Waals surface area contributed by atoms with Gasteiger partial charge in [-0.15, -0.1) is 0 Å². The van der Waals surface area contributed by atoms with Crippen LogP contribution in [0.25, 0.3) is 0 Å². The summed E-state index contributed by atoms with van der Waals surface area (Å²) in [5.41, 5.74) is 0. The highest BCUT2D eigenvalue weighted by molar-refractivity contribution is 5.74. The quantitative estimate of drug-likeness (QED) is 0.453. The summed E-state index contributed by atoms with van der Waals surface area (Å²) < 4.78 is 5.29. The Kier molecular flexibility index (Phi) is 3.87. The second-order valence-corrected chi connectivity index (χ2v) is 5.66. The molecule has 1 saturated carbocycles. The maximum absolute atomic E-state index is 11.9. The van der Waals surface area contributed by atoms with Crippen molar-refractivity contribution in [3.05, 3.63) is 12.2 Å². The van der Waals surface area contributed by atoms with Crippen molar-refractivity contribution in [1.29, 1.82) is 0 Å². The van der Waals surface area contributed by atoms with E-state index in [0.29, 0.717) is 12.5 Å². The minimum atomic E-state index is -0.358. The predicted molar refractivity (Wildman–Crippen MR) is 65.3 cm³/mol. The number of aliphatic hydroxyl groups is 1. The first-order chi connectivity index (χ1) is 8.09. The van der Waals surface area contributed by atoms with E-state index in [0.717, 1.165) is 19.3 Å². The molecule has 2 rings (SSSR count). The largest absolute Gasteiger partial charge is 0.465 e. The highest BCUT2D eigenvalue weighted by Crippen LogP contribution is 2.44. The second-order valence-electron chi connectivity index (χ2n) is 5.66. The summed E-state index contributed by atoms with van der Waals surface area (Å²) >= 11 is 0. The maximum atomic E-state index is 11.9. The SMILES string of the molecule is CC(C)CCCOC(=O)C1CC2C=CC1C2O. The van der Waals surface area contributed by atoms with Crippen LogP contribution in [0.5, 0.6) is 0 Å². The van der Waals surface area contributed by atoms with Gasteiger partial charge in [-0.1, -0.05) is 26.0 Å². The molecule has 0 aliphatic heterocycles. The molecule has 2 aliphatic carbocycles. The van der Waals surface area contributed by atoms with Crippen LogP contribution >= 0.6 is 0 Å². The standard InChI is InChI=1S/C14H22O3/c1-9(2)4-3-7-17-14(16)12-8-10-5-6-11(12)13(10)15/h5-6,9-13,15H,3-4,7-8H2,1-2H3. The van der Waals surface area contributed by atoms with Crippen LogP contribution in [0.3, 0.4) is 0 Å². The van der Waals surface area contributed by atoms with Crippen LogP contribution in [0.2, 0.25) is 0 Å². The van der Waals surface area contributed by atoms with Gasteiger partial charge in [0.2, 0.25) is 0 Å². The van der Waals surface area contributed by atoms with Gasteiger partial charge >= 0.3 is 5.97 Å². The molecule has 0 amide bonds. The van der Waals surface area contributed by atoms with Crippen LogP contribution in [-0.4, -0.2) is 23.8 Å². The van der Waals surface area contributed by atoms with Gasteiger partial charge in [-0.3, -0.25) is 4.79 Å². The van der Waals surface area contributed by atoms with E-state index in [1.807, 2.05) is 12.2 Å². The van der Waals surface area contributed by atoms with Crippen molar-refractivity contribution in [3.8, 4) is 0 Å². The van der Waals surface area contributed by atoms with Crippen LogP contribution < -0.4 is 0 Å². The topological polar surface area (TPSA) is 46.5 Å². The molecule has 4 unspecified atom stereocenters. The fourth-order valence-corrected chi connectivity index (χ4v) is 2.85. The highest BCUT2D eigenvalue weighted by Gasteiger charge is 2.47. The van der Waals surface area contributed by atoms with Gasteiger partial charge in [0.1, 0.15) is 0 Å². The summed E-state index contributed by atoms with van der Waals surface area (Å²) in [5, 5.41) is 9.82. The Balaban J connectivity index is 1.73. The Bertz CT molecular complexity index is 309. The molecular formula is C14H22O3. The number of aliphatic hydroxyl groups excluding tert-OH is 1. The molecule has 0 aromatic rings. The molecule has 1 fully saturated rings. The van der Waals surface area contributed by atoms with Crippen LogP contribution in [0.15, 0.2) is 12.2 Å². The zero-order valence-corrected chi connectivity index (χ0v) is 10.6. The van der Waals surface area contributed by atoms with Crippen molar-refractivity contribution in [2.24, 2.45) is 23.7 Å². The Morgan fingerprint density at radius 1 is 1.47 bits per heavy atom. The molecule has 0 heterocycles. The molecule has 3 heteroatoms. The summed E-state index contributed by atoms with van der Waals surface area (Å²) in [7, 11) is 0. The minimum absolute atomic E-state index is 0.00222. The maximum Gasteiger partial charge on any atom is 0.309 e. The lowest BCUT2D eigenvalue weighted by molar-refractivity contribution is -0.150. The van der Waals surface area contributed by atoms with E-state index in [1.165, 1.54) is 0 Å². The molecule has 96 valence electrons. The first-order valence-corrected chi connectivity index (χ1v) is 6.62. The molecule has 3 nitrogen and oxygen atoms in total. The van der Waals surface area contributed by atoms with E-state index in [4.69, 9.17) is 4.74 Å². The third kappa shape index (κ3) is 2.71. The van der Waals surface area contributed by atoms with E-state index in [-0.39, 0.29) is 29.8 Å². The Labute approximate surface area is 103 Å². The van der Waals surface area contributed by atoms with E-state index in [9.17, 15) is 9.90 Å². The fourth-order valence-electron chi connectivity index (χ4n) is 2.85. The zero-order chi connectivity index (χ0) is 12.4. The molecule has 2 aliphatic rings. The third-order valence-electron chi connectivity index (χ3n) is 3.88. The van der Waals surface area contributed by atoms with Crippen molar-refractivity contribution < 1.29 is 14.6 Å². The molecule has 0 aromatic heterocycles. The smallest absolute Gasteiger partial charge is 0.309 e. The Morgan fingerprint density at radius 2 is 2.24 bits per heavy atom. The number of hydrogen-bond donors (Lipinski definition) is 1. The monoisotopic (exact) mass is 238 g/mol. The van der Waals surface area contributed by atoms with Crippen LogP contribution in [0.4, 0.5) is 0 Å². The van der Waals surface area contributed by atoms with E-state index < -0.39 is 0 Å². The number of ether oxygens (including phenoxy) is 1. The predicted octanol–water partition coefficient (Wildman–Crippen LogP) is 2.15. The lowest BCUT2D eigenvalue weighted by Gasteiger charge is -2.17. The van der Waals surface area contributed by atoms with Crippen molar-refractivity contribution in [3.63, 3.8) is 0 Å². The lowest BCUT2D eigenvalue weighted by Crippen LogP contribution is -2.24. The third-order valence-corrected chi connectivity index (χ3v) is 3.88. The van der Waals surface area contributed by atoms with Gasteiger partial charge < -0.3 is 9.84 Å². The zero-order valence-electron chi connectivity index (χ0n) is 10.6. The van der Waals surface area contributed by atoms with Gasteiger partial charge in [0.15, 0.2) is 0 Å². The molecule has 2 bridgehead atoms. The van der Waals surface area contributed by atoms with Crippen molar-refractivity contribution >= 4 is 5.97 Å². The van der Waals surface area contributed by atoms with Gasteiger partial charge in [-0.25, -0.2) is 0 Å². The van der Waals surface area contributed by atoms with Gasteiger partial charge in [-0.2, -0.15) is 0 Å². The number of rotatable bonds is 5. The fraction of sp³-hybridized carbons (Fsp3) is 0.786. The minimum Gasteiger partial charge on any atom is -0.465 e. The van der Waals surface area contributed by atoms with Gasteiger partial charge in [0.05, 0.1) is 18.6 Å². The van der Waals surface area contributed by atoms with Crippen molar-refractivity contribution in [2.75, 3.05) is 6.61 Å². The number of esters is 1. The van der Waals surface area contributed by atoms with E-state index >= 15 is 0 Å². The highest BCUT2D eigenvalue weighted by atomic mass is 16.5. The van der Waals surface area contributed by atoms with Crippen LogP contribution in [0, 0.1) is 23.7 Å². The van der Waals surface area contributed by atoms with Gasteiger partial charge in [0, 0.05) is 11.8 Å². The molecule has 17 heavy (non-hydrogen) atoms. The molecule has 4 atom stereocenters. The molecule has 0 radical (unpaired) electrons. The molecule has 1 N–H and O–H groups in total. The summed E-state index contributed by atoms with van der Waals surface area (Å²) in [6.45, 7) is 4.85. The summed E-state index contributed by atoms with van der Waals surface area (Å²) in [6.07, 6.45) is 6.42. The first kappa shape index (κ1) is 12.6. The van der Waals surface area contributed by atoms with E-state index in [2.05, 4.69) is 13.8 Å². The number of hydrogen-bond acceptors (Lipinski definition) is 3. The van der Waals surface area contributed by atoms with Crippen LogP contribution in [-0.2, 0) is 9.53 Å². The summed E-state index contributed by atoms with van der Waals surface area (Å²) in [5.74, 6) is 0.593. The Morgan fingerprint density at radius 3 is 2.76 bits per heavy atom. The number of carbonyl (C=O) groups excluding carboxylic acids is 1. The average molecular weight is 238 g/mol. The summed E-state index contributed by atoms with van der Waals surface area (Å²) in [4.78, 5) is 11.9. The van der Waals surface area contributed by atoms with Crippen molar-refractivity contribution in [2.45, 2.75) is 39.2 Å². The number of fused-ring (bicyclic) bond motifs is 2. The molecule has 0 aromatic carbocycles. The summed E-state index contributed by atoms with van der Waals surface area (Å²) in [6, 6.07) is 0. The second kappa shape index (κ2) is 5.21. The van der Waals surface area contributed by atoms with Gasteiger partial charge in [0.25, 0.3) is 0 Å². The van der Waals surface area contributed by atoms with E-state index in [1.54, 1.807) is 0 Å². The lowest BCUT2D eigenvalue weighted by atomic mass is 9.93. The van der Waals surface area contributed by atoms with Crippen LogP contribution in [0.1, 0.15) is 33.1 Å².